The van der Waals surface area contributed by atoms with Gasteiger partial charge in [0.1, 0.15) is 0 Å². The van der Waals surface area contributed by atoms with Crippen LogP contribution in [0.15, 0.2) is 12.7 Å². The van der Waals surface area contributed by atoms with Crippen LogP contribution in [0.5, 0.6) is 0 Å². The maximum absolute atomic E-state index is 10.7. The molecule has 1 aliphatic rings. The van der Waals surface area contributed by atoms with Crippen molar-refractivity contribution in [3.63, 3.8) is 0 Å². The van der Waals surface area contributed by atoms with Gasteiger partial charge in [0.2, 0.25) is 0 Å². The first-order valence-electron chi connectivity index (χ1n) is 2.64. The molecule has 0 radical (unpaired) electrons. The SMILES string of the molecule is C=CC1CCSC1=O. The third kappa shape index (κ3) is 0.944. The third-order valence-electron chi connectivity index (χ3n) is 1.26. The second-order valence-electron chi connectivity index (χ2n) is 1.80. The van der Waals surface area contributed by atoms with Crippen molar-refractivity contribution >= 4 is 16.9 Å². The normalized spacial score (nSPS) is 28.5. The van der Waals surface area contributed by atoms with Crippen LogP contribution in [-0.4, -0.2) is 10.9 Å². The summed E-state index contributed by atoms with van der Waals surface area (Å²) < 4.78 is 0. The van der Waals surface area contributed by atoms with Gasteiger partial charge in [0, 0.05) is 11.7 Å². The third-order valence-corrected chi connectivity index (χ3v) is 2.29. The first-order valence-corrected chi connectivity index (χ1v) is 3.62. The largest absolute Gasteiger partial charge is 0.287 e. The minimum atomic E-state index is 0.153. The van der Waals surface area contributed by atoms with E-state index in [-0.39, 0.29) is 5.92 Å². The Morgan fingerprint density at radius 2 is 2.62 bits per heavy atom. The summed E-state index contributed by atoms with van der Waals surface area (Å²) >= 11 is 1.42. The molecule has 0 N–H and O–H groups in total. The van der Waals surface area contributed by atoms with Crippen molar-refractivity contribution in [3.05, 3.63) is 12.7 Å². The van der Waals surface area contributed by atoms with Crippen LogP contribution < -0.4 is 0 Å². The Balaban J connectivity index is 2.54. The van der Waals surface area contributed by atoms with E-state index >= 15 is 0 Å². The Hall–Kier alpha value is -0.240. The fraction of sp³-hybridized carbons (Fsp3) is 0.500. The summed E-state index contributed by atoms with van der Waals surface area (Å²) in [4.78, 5) is 10.7. The molecule has 0 spiro atoms. The van der Waals surface area contributed by atoms with Crippen molar-refractivity contribution in [1.82, 2.24) is 0 Å². The van der Waals surface area contributed by atoms with Crippen molar-refractivity contribution in [3.8, 4) is 0 Å². The summed E-state index contributed by atoms with van der Waals surface area (Å²) in [6.07, 6.45) is 2.73. The van der Waals surface area contributed by atoms with Crippen molar-refractivity contribution in [2.75, 3.05) is 5.75 Å². The summed E-state index contributed by atoms with van der Waals surface area (Å²) in [5.74, 6) is 1.13. The lowest BCUT2D eigenvalue weighted by Gasteiger charge is -1.92. The van der Waals surface area contributed by atoms with E-state index < -0.39 is 0 Å². The summed E-state index contributed by atoms with van der Waals surface area (Å²) in [5.41, 5.74) is 0. The van der Waals surface area contributed by atoms with Gasteiger partial charge in [-0.2, -0.15) is 0 Å². The van der Waals surface area contributed by atoms with Gasteiger partial charge < -0.3 is 0 Å². The van der Waals surface area contributed by atoms with E-state index in [1.807, 2.05) is 0 Å². The minimum absolute atomic E-state index is 0.153. The molecule has 0 aliphatic carbocycles. The molecule has 1 atom stereocenters. The highest BCUT2D eigenvalue weighted by Gasteiger charge is 2.21. The Morgan fingerprint density at radius 1 is 1.88 bits per heavy atom. The van der Waals surface area contributed by atoms with Crippen molar-refractivity contribution in [2.24, 2.45) is 5.92 Å². The van der Waals surface area contributed by atoms with Gasteiger partial charge >= 0.3 is 0 Å². The van der Waals surface area contributed by atoms with E-state index in [0.29, 0.717) is 5.12 Å². The molecule has 44 valence electrons. The molecule has 0 aromatic carbocycles. The van der Waals surface area contributed by atoms with E-state index in [4.69, 9.17) is 0 Å². The van der Waals surface area contributed by atoms with Crippen LogP contribution >= 0.6 is 11.8 Å². The van der Waals surface area contributed by atoms with Gasteiger partial charge in [0.15, 0.2) is 5.12 Å². The first kappa shape index (κ1) is 5.89. The second-order valence-corrected chi connectivity index (χ2v) is 2.90. The van der Waals surface area contributed by atoms with Gasteiger partial charge in [-0.15, -0.1) is 6.58 Å². The zero-order valence-corrected chi connectivity index (χ0v) is 5.41. The minimum Gasteiger partial charge on any atom is -0.287 e. The molecule has 1 unspecified atom stereocenters. The smallest absolute Gasteiger partial charge is 0.195 e. The summed E-state index contributed by atoms with van der Waals surface area (Å²) in [6.45, 7) is 3.56. The van der Waals surface area contributed by atoms with Crippen LogP contribution in [0, 0.1) is 5.92 Å². The number of thioether (sulfide) groups is 1. The molecule has 0 aromatic heterocycles. The van der Waals surface area contributed by atoms with Gasteiger partial charge in [0.05, 0.1) is 0 Å². The standard InChI is InChI=1S/C6H8OS/c1-2-5-3-4-8-6(5)7/h2,5H,1,3-4H2. The number of hydrogen-bond acceptors (Lipinski definition) is 2. The number of carbonyl (C=O) groups excluding carboxylic acids is 1. The molecule has 1 nitrogen and oxygen atoms in total. The predicted molar refractivity (Wildman–Crippen MR) is 35.8 cm³/mol. The lowest BCUT2D eigenvalue weighted by molar-refractivity contribution is -0.112. The molecule has 1 aliphatic heterocycles. The first-order chi connectivity index (χ1) is 3.84. The Labute approximate surface area is 53.2 Å². The van der Waals surface area contributed by atoms with E-state index in [2.05, 4.69) is 6.58 Å². The molecular formula is C6H8OS. The van der Waals surface area contributed by atoms with Gasteiger partial charge in [-0.3, -0.25) is 4.79 Å². The fourth-order valence-corrected chi connectivity index (χ4v) is 1.73. The van der Waals surface area contributed by atoms with Gasteiger partial charge in [0.25, 0.3) is 0 Å². The quantitative estimate of drug-likeness (QED) is 0.497. The number of allylic oxidation sites excluding steroid dienone is 1. The number of hydrogen-bond donors (Lipinski definition) is 0. The van der Waals surface area contributed by atoms with Gasteiger partial charge in [-0.1, -0.05) is 17.8 Å². The molecule has 8 heavy (non-hydrogen) atoms. The molecular weight excluding hydrogens is 120 g/mol. The zero-order valence-electron chi connectivity index (χ0n) is 4.59. The topological polar surface area (TPSA) is 17.1 Å². The van der Waals surface area contributed by atoms with Gasteiger partial charge in [-0.05, 0) is 6.42 Å². The van der Waals surface area contributed by atoms with Gasteiger partial charge in [-0.25, -0.2) is 0 Å². The lowest BCUT2D eigenvalue weighted by atomic mass is 10.1. The van der Waals surface area contributed by atoms with E-state index in [1.54, 1.807) is 6.08 Å². The monoisotopic (exact) mass is 128 g/mol. The van der Waals surface area contributed by atoms with Crippen LogP contribution in [0.1, 0.15) is 6.42 Å². The Bertz CT molecular complexity index is 120. The van der Waals surface area contributed by atoms with Crippen LogP contribution in [0.2, 0.25) is 0 Å². The molecule has 1 heterocycles. The molecule has 1 rings (SSSR count). The summed E-state index contributed by atoms with van der Waals surface area (Å²) in [5, 5.41) is 0.292. The maximum atomic E-state index is 10.7. The van der Waals surface area contributed by atoms with Crippen LogP contribution in [0.4, 0.5) is 0 Å². The van der Waals surface area contributed by atoms with Crippen molar-refractivity contribution < 1.29 is 4.79 Å². The highest BCUT2D eigenvalue weighted by atomic mass is 32.2. The lowest BCUT2D eigenvalue weighted by Crippen LogP contribution is -1.97. The average Bonchev–Trinajstić information content (AvgIpc) is 2.14. The summed E-state index contributed by atoms with van der Waals surface area (Å²) in [6, 6.07) is 0. The van der Waals surface area contributed by atoms with E-state index in [0.717, 1.165) is 12.2 Å². The molecule has 0 bridgehead atoms. The predicted octanol–water partition coefficient (Wildman–Crippen LogP) is 1.45. The molecule has 1 saturated heterocycles. The highest BCUT2D eigenvalue weighted by Crippen LogP contribution is 2.25. The van der Waals surface area contributed by atoms with Crippen molar-refractivity contribution in [2.45, 2.75) is 6.42 Å². The van der Waals surface area contributed by atoms with Crippen LogP contribution in [0.25, 0.3) is 0 Å². The summed E-state index contributed by atoms with van der Waals surface area (Å²) in [7, 11) is 0. The van der Waals surface area contributed by atoms with Crippen LogP contribution in [0.3, 0.4) is 0 Å². The van der Waals surface area contributed by atoms with E-state index in [1.165, 1.54) is 11.8 Å². The van der Waals surface area contributed by atoms with Crippen molar-refractivity contribution in [1.29, 1.82) is 0 Å². The Morgan fingerprint density at radius 3 is 2.88 bits per heavy atom. The maximum Gasteiger partial charge on any atom is 0.195 e. The zero-order chi connectivity index (χ0) is 5.98. The average molecular weight is 128 g/mol. The molecule has 0 amide bonds. The second kappa shape index (κ2) is 2.35. The molecule has 1 fully saturated rings. The number of carbonyl (C=O) groups is 1. The fourth-order valence-electron chi connectivity index (χ4n) is 0.725. The highest BCUT2D eigenvalue weighted by molar-refractivity contribution is 8.14. The Kier molecular flexibility index (Phi) is 1.73. The van der Waals surface area contributed by atoms with Crippen LogP contribution in [-0.2, 0) is 4.79 Å². The molecule has 0 aromatic rings. The number of rotatable bonds is 1. The van der Waals surface area contributed by atoms with E-state index in [9.17, 15) is 4.79 Å². The molecule has 0 saturated carbocycles. The molecule has 2 heteroatoms.